The molecule has 0 spiro atoms. The molecule has 46 heavy (non-hydrogen) atoms. The summed E-state index contributed by atoms with van der Waals surface area (Å²) in [4.78, 5) is 46.1. The van der Waals surface area contributed by atoms with Crippen LogP contribution in [0.2, 0.25) is 0 Å². The average Bonchev–Trinajstić information content (AvgIpc) is 3.34. The Morgan fingerprint density at radius 1 is 0.717 bits per heavy atom. The van der Waals surface area contributed by atoms with Gasteiger partial charge in [0, 0.05) is 20.1 Å². The van der Waals surface area contributed by atoms with Crippen LogP contribution in [0.5, 0.6) is 0 Å². The first-order valence-corrected chi connectivity index (χ1v) is 15.6. The summed E-state index contributed by atoms with van der Waals surface area (Å²) in [7, 11) is 1.61. The quantitative estimate of drug-likeness (QED) is 0.210. The Balaban J connectivity index is 1.61. The molecule has 1 fully saturated rings. The van der Waals surface area contributed by atoms with E-state index in [4.69, 9.17) is 0 Å². The molecule has 4 aromatic rings. The number of carbonyl (C=O) groups excluding carboxylic acids is 2. The fourth-order valence-electron chi connectivity index (χ4n) is 6.53. The molecule has 1 aliphatic heterocycles. The van der Waals surface area contributed by atoms with Gasteiger partial charge in [0.15, 0.2) is 6.04 Å². The molecule has 3 unspecified atom stereocenters. The van der Waals surface area contributed by atoms with Crippen LogP contribution in [0.4, 0.5) is 4.79 Å². The molecule has 2 N–H and O–H groups in total. The van der Waals surface area contributed by atoms with E-state index in [0.717, 1.165) is 11.1 Å². The van der Waals surface area contributed by atoms with E-state index in [0.29, 0.717) is 17.5 Å². The molecule has 8 heteroatoms. The van der Waals surface area contributed by atoms with Gasteiger partial charge in [0.1, 0.15) is 11.6 Å². The van der Waals surface area contributed by atoms with Gasteiger partial charge in [0.25, 0.3) is 0 Å². The zero-order valence-electron chi connectivity index (χ0n) is 26.4. The third kappa shape index (κ3) is 6.53. The number of likely N-dealkylation sites (N-methyl/N-ethyl adjacent to an activating group) is 1. The van der Waals surface area contributed by atoms with Gasteiger partial charge >= 0.3 is 12.0 Å². The standard InChI is InChI=1S/C38H41N3O5/c1-27(2)24-32(38(46,30-20-12-6-13-21-30)31-22-14-7-15-23-31)39(3)35(42)33-34(36(43)44)41(26-29-18-10-5-11-19-29)37(45)40(33)25-28-16-8-4-9-17-28/h4-23,27,32-34,46H,24-26H2,1-3H3,(H,43,44). The van der Waals surface area contributed by atoms with Crippen LogP contribution >= 0.6 is 0 Å². The Kier molecular flexibility index (Phi) is 9.87. The third-order valence-corrected chi connectivity index (χ3v) is 8.78. The SMILES string of the molecule is CC(C)CC(N(C)C(=O)C1C(C(=O)O)N(Cc2ccccc2)C(=O)N1Cc1ccccc1)C(O)(c1ccccc1)c1ccccc1. The van der Waals surface area contributed by atoms with E-state index >= 15 is 0 Å². The monoisotopic (exact) mass is 619 g/mol. The maximum Gasteiger partial charge on any atom is 0.329 e. The van der Waals surface area contributed by atoms with Gasteiger partial charge in [-0.15, -0.1) is 0 Å². The normalized spacial score (nSPS) is 17.3. The highest BCUT2D eigenvalue weighted by atomic mass is 16.4. The predicted molar refractivity (Wildman–Crippen MR) is 176 cm³/mol. The first-order chi connectivity index (χ1) is 22.1. The number of hydrogen-bond acceptors (Lipinski definition) is 4. The zero-order valence-corrected chi connectivity index (χ0v) is 26.4. The van der Waals surface area contributed by atoms with E-state index in [1.165, 1.54) is 14.7 Å². The number of carboxylic acids is 1. The molecule has 1 saturated heterocycles. The van der Waals surface area contributed by atoms with E-state index in [2.05, 4.69) is 0 Å². The number of benzene rings is 4. The average molecular weight is 620 g/mol. The van der Waals surface area contributed by atoms with Crippen molar-refractivity contribution in [3.05, 3.63) is 144 Å². The van der Waals surface area contributed by atoms with Crippen molar-refractivity contribution in [3.8, 4) is 0 Å². The molecule has 0 bridgehead atoms. The summed E-state index contributed by atoms with van der Waals surface area (Å²) in [5, 5.41) is 23.4. The van der Waals surface area contributed by atoms with Crippen LogP contribution < -0.4 is 0 Å². The van der Waals surface area contributed by atoms with Crippen molar-refractivity contribution in [1.82, 2.24) is 14.7 Å². The largest absolute Gasteiger partial charge is 0.480 e. The van der Waals surface area contributed by atoms with E-state index < -0.39 is 41.6 Å². The number of amides is 3. The highest BCUT2D eigenvalue weighted by Crippen LogP contribution is 2.39. The number of hydrogen-bond donors (Lipinski definition) is 2. The number of nitrogens with zero attached hydrogens (tertiary/aromatic N) is 3. The molecule has 0 radical (unpaired) electrons. The summed E-state index contributed by atoms with van der Waals surface area (Å²) in [6, 6.07) is 32.7. The summed E-state index contributed by atoms with van der Waals surface area (Å²) < 4.78 is 0. The molecule has 1 heterocycles. The van der Waals surface area contributed by atoms with Gasteiger partial charge in [-0.3, -0.25) is 4.79 Å². The summed E-state index contributed by atoms with van der Waals surface area (Å²) in [5.74, 6) is -1.76. The molecule has 8 nitrogen and oxygen atoms in total. The summed E-state index contributed by atoms with van der Waals surface area (Å²) in [6.07, 6.45) is 0.410. The smallest absolute Gasteiger partial charge is 0.329 e. The Morgan fingerprint density at radius 3 is 1.50 bits per heavy atom. The van der Waals surface area contributed by atoms with E-state index in [9.17, 15) is 24.6 Å². The highest BCUT2D eigenvalue weighted by Gasteiger charge is 2.55. The van der Waals surface area contributed by atoms with Crippen LogP contribution in [0.15, 0.2) is 121 Å². The van der Waals surface area contributed by atoms with Crippen molar-refractivity contribution in [2.75, 3.05) is 7.05 Å². The Morgan fingerprint density at radius 2 is 1.11 bits per heavy atom. The summed E-state index contributed by atoms with van der Waals surface area (Å²) in [6.45, 7) is 4.12. The van der Waals surface area contributed by atoms with Gasteiger partial charge in [-0.1, -0.05) is 135 Å². The second-order valence-electron chi connectivity index (χ2n) is 12.3. The fourth-order valence-corrected chi connectivity index (χ4v) is 6.53. The molecular weight excluding hydrogens is 578 g/mol. The van der Waals surface area contributed by atoms with Crippen molar-refractivity contribution < 1.29 is 24.6 Å². The first-order valence-electron chi connectivity index (χ1n) is 15.6. The molecule has 4 aromatic carbocycles. The minimum Gasteiger partial charge on any atom is -0.480 e. The number of aliphatic carboxylic acids is 1. The van der Waals surface area contributed by atoms with Crippen molar-refractivity contribution in [2.24, 2.45) is 5.92 Å². The molecule has 238 valence electrons. The lowest BCUT2D eigenvalue weighted by atomic mass is 9.76. The second kappa shape index (κ2) is 14.0. The van der Waals surface area contributed by atoms with Crippen molar-refractivity contribution in [2.45, 2.75) is 57.1 Å². The third-order valence-electron chi connectivity index (χ3n) is 8.78. The lowest BCUT2D eigenvalue weighted by molar-refractivity contribution is -0.151. The lowest BCUT2D eigenvalue weighted by Gasteiger charge is -2.44. The van der Waals surface area contributed by atoms with Gasteiger partial charge in [0.05, 0.1) is 6.04 Å². The summed E-state index contributed by atoms with van der Waals surface area (Å²) in [5.41, 5.74) is 1.10. The number of carbonyl (C=O) groups is 3. The van der Waals surface area contributed by atoms with Gasteiger partial charge in [-0.05, 0) is 34.6 Å². The minimum absolute atomic E-state index is 0.0306. The Bertz CT molecular complexity index is 1580. The van der Waals surface area contributed by atoms with Crippen LogP contribution in [0.25, 0.3) is 0 Å². The van der Waals surface area contributed by atoms with Gasteiger partial charge in [0.2, 0.25) is 5.91 Å². The van der Waals surface area contributed by atoms with E-state index in [1.54, 1.807) is 7.05 Å². The molecule has 1 aliphatic rings. The van der Waals surface area contributed by atoms with Crippen LogP contribution in [0.3, 0.4) is 0 Å². The molecular formula is C38H41N3O5. The first kappa shape index (κ1) is 32.4. The molecule has 0 saturated carbocycles. The molecule has 3 atom stereocenters. The van der Waals surface area contributed by atoms with Crippen molar-refractivity contribution in [3.63, 3.8) is 0 Å². The molecule has 5 rings (SSSR count). The van der Waals surface area contributed by atoms with Gasteiger partial charge < -0.3 is 24.9 Å². The maximum absolute atomic E-state index is 14.9. The van der Waals surface area contributed by atoms with E-state index in [-0.39, 0.29) is 19.0 Å². The van der Waals surface area contributed by atoms with Crippen LogP contribution in [0.1, 0.15) is 42.5 Å². The van der Waals surface area contributed by atoms with E-state index in [1.807, 2.05) is 135 Å². The fraction of sp³-hybridized carbons (Fsp3) is 0.289. The number of rotatable bonds is 12. The Hall–Kier alpha value is -4.95. The summed E-state index contributed by atoms with van der Waals surface area (Å²) >= 11 is 0. The van der Waals surface area contributed by atoms with Crippen molar-refractivity contribution in [1.29, 1.82) is 0 Å². The predicted octanol–water partition coefficient (Wildman–Crippen LogP) is 5.76. The van der Waals surface area contributed by atoms with Crippen LogP contribution in [0, 0.1) is 5.92 Å². The number of carboxylic acid groups (broad SMARTS) is 1. The maximum atomic E-state index is 14.9. The second-order valence-corrected chi connectivity index (χ2v) is 12.3. The van der Waals surface area contributed by atoms with Crippen molar-refractivity contribution >= 4 is 17.9 Å². The minimum atomic E-state index is -1.63. The molecule has 0 aromatic heterocycles. The van der Waals surface area contributed by atoms with Gasteiger partial charge in [-0.2, -0.15) is 0 Å². The topological polar surface area (TPSA) is 101 Å². The van der Waals surface area contributed by atoms with Crippen LogP contribution in [-0.4, -0.2) is 68.0 Å². The number of urea groups is 1. The molecule has 0 aliphatic carbocycles. The highest BCUT2D eigenvalue weighted by molar-refractivity contribution is 5.98. The number of aliphatic hydroxyl groups is 1. The lowest BCUT2D eigenvalue weighted by Crippen LogP contribution is -2.59. The van der Waals surface area contributed by atoms with Crippen LogP contribution in [-0.2, 0) is 28.3 Å². The molecule has 3 amide bonds. The van der Waals surface area contributed by atoms with Gasteiger partial charge in [-0.25, -0.2) is 9.59 Å². The zero-order chi connectivity index (χ0) is 32.8. The Labute approximate surface area is 270 Å².